The SMILES string of the molecule is COc1ccc(C(=O)NCC(C)(O)Cc2ccco2)cc1. The molecule has 2 N–H and O–H groups in total. The Labute approximate surface area is 123 Å². The van der Waals surface area contributed by atoms with Gasteiger partial charge in [-0.1, -0.05) is 0 Å². The second kappa shape index (κ2) is 6.45. The molecule has 0 radical (unpaired) electrons. The molecular weight excluding hydrogens is 270 g/mol. The number of aliphatic hydroxyl groups is 1. The molecule has 21 heavy (non-hydrogen) atoms. The van der Waals surface area contributed by atoms with E-state index >= 15 is 0 Å². The van der Waals surface area contributed by atoms with Gasteiger partial charge in [0.05, 0.1) is 19.0 Å². The minimum absolute atomic E-state index is 0.137. The van der Waals surface area contributed by atoms with E-state index < -0.39 is 5.60 Å². The molecule has 5 nitrogen and oxygen atoms in total. The number of methoxy groups -OCH3 is 1. The first-order valence-corrected chi connectivity index (χ1v) is 6.67. The van der Waals surface area contributed by atoms with Gasteiger partial charge in [0.1, 0.15) is 11.5 Å². The van der Waals surface area contributed by atoms with Gasteiger partial charge in [-0.15, -0.1) is 0 Å². The minimum Gasteiger partial charge on any atom is -0.497 e. The van der Waals surface area contributed by atoms with Crippen molar-refractivity contribution in [2.45, 2.75) is 18.9 Å². The summed E-state index contributed by atoms with van der Waals surface area (Å²) >= 11 is 0. The quantitative estimate of drug-likeness (QED) is 0.853. The number of hydrogen-bond donors (Lipinski definition) is 2. The number of carbonyl (C=O) groups excluding carboxylic acids is 1. The number of benzene rings is 1. The molecule has 1 aromatic heterocycles. The van der Waals surface area contributed by atoms with Crippen molar-refractivity contribution in [1.82, 2.24) is 5.32 Å². The van der Waals surface area contributed by atoms with Crippen LogP contribution in [0.5, 0.6) is 5.75 Å². The topological polar surface area (TPSA) is 71.7 Å². The summed E-state index contributed by atoms with van der Waals surface area (Å²) in [6.07, 6.45) is 1.89. The Morgan fingerprint density at radius 3 is 2.62 bits per heavy atom. The van der Waals surface area contributed by atoms with Crippen molar-refractivity contribution in [1.29, 1.82) is 0 Å². The van der Waals surface area contributed by atoms with E-state index in [0.717, 1.165) is 0 Å². The van der Waals surface area contributed by atoms with Crippen LogP contribution in [0.25, 0.3) is 0 Å². The molecule has 5 heteroatoms. The molecule has 0 aliphatic carbocycles. The third-order valence-corrected chi connectivity index (χ3v) is 3.12. The van der Waals surface area contributed by atoms with Crippen molar-refractivity contribution in [3.8, 4) is 5.75 Å². The summed E-state index contributed by atoms with van der Waals surface area (Å²) in [6.45, 7) is 1.79. The minimum atomic E-state index is -1.07. The molecule has 0 spiro atoms. The van der Waals surface area contributed by atoms with Crippen LogP contribution in [0.15, 0.2) is 47.1 Å². The first-order valence-electron chi connectivity index (χ1n) is 6.67. The summed E-state index contributed by atoms with van der Waals surface area (Å²) < 4.78 is 10.2. The van der Waals surface area contributed by atoms with Crippen molar-refractivity contribution >= 4 is 5.91 Å². The van der Waals surface area contributed by atoms with E-state index in [4.69, 9.17) is 9.15 Å². The average Bonchev–Trinajstić information content (AvgIpc) is 2.97. The second-order valence-corrected chi connectivity index (χ2v) is 5.16. The van der Waals surface area contributed by atoms with Crippen molar-refractivity contribution < 1.29 is 19.1 Å². The van der Waals surface area contributed by atoms with Crippen LogP contribution >= 0.6 is 0 Å². The maximum absolute atomic E-state index is 12.0. The lowest BCUT2D eigenvalue weighted by atomic mass is 10.0. The largest absolute Gasteiger partial charge is 0.497 e. The van der Waals surface area contributed by atoms with Gasteiger partial charge in [0.2, 0.25) is 0 Å². The second-order valence-electron chi connectivity index (χ2n) is 5.16. The fraction of sp³-hybridized carbons (Fsp3) is 0.312. The highest BCUT2D eigenvalue weighted by atomic mass is 16.5. The van der Waals surface area contributed by atoms with Gasteiger partial charge in [0, 0.05) is 18.5 Å². The zero-order valence-electron chi connectivity index (χ0n) is 12.1. The van der Waals surface area contributed by atoms with Crippen LogP contribution in [-0.4, -0.2) is 30.3 Å². The molecule has 0 fully saturated rings. The van der Waals surface area contributed by atoms with E-state index in [1.807, 2.05) is 0 Å². The van der Waals surface area contributed by atoms with Gasteiger partial charge in [-0.3, -0.25) is 4.79 Å². The Morgan fingerprint density at radius 1 is 1.33 bits per heavy atom. The molecule has 2 rings (SSSR count). The first-order chi connectivity index (χ1) is 10.00. The Balaban J connectivity index is 1.90. The lowest BCUT2D eigenvalue weighted by Crippen LogP contribution is -2.42. The molecule has 1 unspecified atom stereocenters. The fourth-order valence-corrected chi connectivity index (χ4v) is 1.97. The summed E-state index contributed by atoms with van der Waals surface area (Å²) in [5, 5.41) is 13.0. The maximum Gasteiger partial charge on any atom is 0.251 e. The van der Waals surface area contributed by atoms with E-state index in [2.05, 4.69) is 5.32 Å². The molecule has 2 aromatic rings. The zero-order valence-corrected chi connectivity index (χ0v) is 12.1. The Morgan fingerprint density at radius 2 is 2.05 bits per heavy atom. The predicted molar refractivity (Wildman–Crippen MR) is 78.4 cm³/mol. The molecule has 0 aliphatic heterocycles. The van der Waals surface area contributed by atoms with E-state index in [0.29, 0.717) is 23.5 Å². The monoisotopic (exact) mass is 289 g/mol. The van der Waals surface area contributed by atoms with Crippen LogP contribution < -0.4 is 10.1 Å². The molecule has 1 aromatic carbocycles. The third-order valence-electron chi connectivity index (χ3n) is 3.12. The standard InChI is InChI=1S/C16H19NO4/c1-16(19,10-14-4-3-9-21-14)11-17-15(18)12-5-7-13(20-2)8-6-12/h3-9,19H,10-11H2,1-2H3,(H,17,18). The molecular formula is C16H19NO4. The highest BCUT2D eigenvalue weighted by Gasteiger charge is 2.23. The normalized spacial score (nSPS) is 13.5. The summed E-state index contributed by atoms with van der Waals surface area (Å²) in [4.78, 5) is 12.0. The molecule has 0 saturated carbocycles. The number of furan rings is 1. The molecule has 0 aliphatic rings. The van der Waals surface area contributed by atoms with Gasteiger partial charge >= 0.3 is 0 Å². The zero-order chi connectivity index (χ0) is 15.3. The van der Waals surface area contributed by atoms with Gasteiger partial charge in [-0.2, -0.15) is 0 Å². The Hall–Kier alpha value is -2.27. The van der Waals surface area contributed by atoms with Crippen LogP contribution in [0, 0.1) is 0 Å². The maximum atomic E-state index is 12.0. The lowest BCUT2D eigenvalue weighted by Gasteiger charge is -2.22. The van der Waals surface area contributed by atoms with Crippen molar-refractivity contribution in [2.75, 3.05) is 13.7 Å². The lowest BCUT2D eigenvalue weighted by molar-refractivity contribution is 0.0510. The smallest absolute Gasteiger partial charge is 0.251 e. The van der Waals surface area contributed by atoms with Gasteiger partial charge < -0.3 is 19.6 Å². The fourth-order valence-electron chi connectivity index (χ4n) is 1.97. The number of nitrogens with one attached hydrogen (secondary N) is 1. The summed E-state index contributed by atoms with van der Waals surface area (Å²) in [5.74, 6) is 1.13. The number of hydrogen-bond acceptors (Lipinski definition) is 4. The summed E-state index contributed by atoms with van der Waals surface area (Å²) in [6, 6.07) is 10.3. The number of rotatable bonds is 6. The van der Waals surface area contributed by atoms with E-state index in [1.54, 1.807) is 56.7 Å². The Bertz CT molecular complexity index is 573. The van der Waals surface area contributed by atoms with Crippen LogP contribution in [0.4, 0.5) is 0 Å². The molecule has 0 bridgehead atoms. The molecule has 1 amide bonds. The van der Waals surface area contributed by atoms with Crippen LogP contribution in [-0.2, 0) is 6.42 Å². The van der Waals surface area contributed by atoms with E-state index in [-0.39, 0.29) is 12.5 Å². The molecule has 0 saturated heterocycles. The highest BCUT2D eigenvalue weighted by molar-refractivity contribution is 5.94. The van der Waals surface area contributed by atoms with Gasteiger partial charge in [-0.25, -0.2) is 0 Å². The number of carbonyl (C=O) groups is 1. The summed E-state index contributed by atoms with van der Waals surface area (Å²) in [5.41, 5.74) is -0.551. The van der Waals surface area contributed by atoms with Gasteiger partial charge in [0.15, 0.2) is 0 Å². The average molecular weight is 289 g/mol. The van der Waals surface area contributed by atoms with Gasteiger partial charge in [0.25, 0.3) is 5.91 Å². The van der Waals surface area contributed by atoms with E-state index in [9.17, 15) is 9.90 Å². The van der Waals surface area contributed by atoms with Crippen molar-refractivity contribution in [3.63, 3.8) is 0 Å². The highest BCUT2D eigenvalue weighted by Crippen LogP contribution is 2.14. The third kappa shape index (κ3) is 4.36. The Kier molecular flexibility index (Phi) is 4.65. The van der Waals surface area contributed by atoms with Gasteiger partial charge in [-0.05, 0) is 43.3 Å². The van der Waals surface area contributed by atoms with Crippen LogP contribution in [0.2, 0.25) is 0 Å². The van der Waals surface area contributed by atoms with Crippen LogP contribution in [0.1, 0.15) is 23.0 Å². The summed E-state index contributed by atoms with van der Waals surface area (Å²) in [7, 11) is 1.57. The van der Waals surface area contributed by atoms with Crippen molar-refractivity contribution in [3.05, 3.63) is 54.0 Å². The van der Waals surface area contributed by atoms with Crippen molar-refractivity contribution in [2.24, 2.45) is 0 Å². The van der Waals surface area contributed by atoms with Crippen LogP contribution in [0.3, 0.4) is 0 Å². The van der Waals surface area contributed by atoms with E-state index in [1.165, 1.54) is 0 Å². The molecule has 1 atom stereocenters. The molecule has 112 valence electrons. The number of ether oxygens (including phenoxy) is 1. The first kappa shape index (κ1) is 15.1. The molecule has 1 heterocycles. The number of amides is 1. The predicted octanol–water partition coefficient (Wildman–Crippen LogP) is 2.01.